The van der Waals surface area contributed by atoms with Gasteiger partial charge in [0.05, 0.1) is 4.75 Å². The molecule has 1 atom stereocenters. The molecule has 0 aliphatic heterocycles. The van der Waals surface area contributed by atoms with E-state index in [0.717, 1.165) is 0 Å². The maximum Gasteiger partial charge on any atom is 0.238 e. The molecule has 5 heteroatoms. The Bertz CT molecular complexity index is 279. The smallest absolute Gasteiger partial charge is 0.238 e. The van der Waals surface area contributed by atoms with Gasteiger partial charge in [0.25, 0.3) is 0 Å². The summed E-state index contributed by atoms with van der Waals surface area (Å²) in [5.74, 6) is -0.760. The maximum atomic E-state index is 11.0. The molecule has 0 saturated carbocycles. The van der Waals surface area contributed by atoms with E-state index in [2.05, 4.69) is 0 Å². The van der Waals surface area contributed by atoms with Gasteiger partial charge in [-0.25, -0.2) is 8.42 Å². The first-order valence-corrected chi connectivity index (χ1v) is 5.86. The lowest BCUT2D eigenvalue weighted by molar-refractivity contribution is -0.120. The minimum absolute atomic E-state index is 0.177. The van der Waals surface area contributed by atoms with Gasteiger partial charge in [0.1, 0.15) is 5.78 Å². The number of Topliss-reactive ketones (excluding diaryl/α,β-unsaturated/α-hetero) is 1. The van der Waals surface area contributed by atoms with Crippen LogP contribution in [0, 0.1) is 5.92 Å². The first kappa shape index (κ1) is 11.9. The van der Waals surface area contributed by atoms with Gasteiger partial charge < -0.3 is 0 Å². The molecule has 3 nitrogen and oxygen atoms in total. The second-order valence-corrected chi connectivity index (χ2v) is 6.52. The van der Waals surface area contributed by atoms with E-state index in [1.165, 1.54) is 20.8 Å². The third-order valence-electron chi connectivity index (χ3n) is 2.28. The number of carbonyl (C=O) groups excluding carboxylic acids is 1. The Morgan fingerprint density at radius 2 is 1.75 bits per heavy atom. The highest BCUT2D eigenvalue weighted by atomic mass is 35.7. The van der Waals surface area contributed by atoms with E-state index in [4.69, 9.17) is 10.7 Å². The molecule has 72 valence electrons. The molecule has 0 rings (SSSR count). The van der Waals surface area contributed by atoms with E-state index in [1.54, 1.807) is 6.92 Å². The highest BCUT2D eigenvalue weighted by molar-refractivity contribution is 8.14. The third-order valence-corrected chi connectivity index (χ3v) is 5.08. The van der Waals surface area contributed by atoms with Crippen LogP contribution in [0.15, 0.2) is 0 Å². The van der Waals surface area contributed by atoms with Gasteiger partial charge in [0, 0.05) is 16.6 Å². The van der Waals surface area contributed by atoms with Crippen LogP contribution in [0.1, 0.15) is 27.7 Å². The SMILES string of the molecule is CC(=O)C(C)C(C)(C)S(=O)(=O)Cl. The Morgan fingerprint density at radius 3 is 1.83 bits per heavy atom. The van der Waals surface area contributed by atoms with E-state index in [0.29, 0.717) is 0 Å². The largest absolute Gasteiger partial charge is 0.300 e. The Morgan fingerprint density at radius 1 is 1.42 bits per heavy atom. The summed E-state index contributed by atoms with van der Waals surface area (Å²) in [5.41, 5.74) is 0. The first-order valence-electron chi connectivity index (χ1n) is 3.55. The van der Waals surface area contributed by atoms with Crippen molar-refractivity contribution in [1.82, 2.24) is 0 Å². The van der Waals surface area contributed by atoms with Crippen molar-refractivity contribution >= 4 is 25.5 Å². The number of carbonyl (C=O) groups is 1. The van der Waals surface area contributed by atoms with Gasteiger partial charge >= 0.3 is 0 Å². The minimum Gasteiger partial charge on any atom is -0.300 e. The Balaban J connectivity index is 5.00. The van der Waals surface area contributed by atoms with Crippen molar-refractivity contribution in [3.63, 3.8) is 0 Å². The fourth-order valence-corrected chi connectivity index (χ4v) is 1.69. The van der Waals surface area contributed by atoms with E-state index < -0.39 is 19.7 Å². The van der Waals surface area contributed by atoms with Crippen LogP contribution in [0.3, 0.4) is 0 Å². The van der Waals surface area contributed by atoms with E-state index in [-0.39, 0.29) is 5.78 Å². The summed E-state index contributed by atoms with van der Waals surface area (Å²) in [6.45, 7) is 5.81. The van der Waals surface area contributed by atoms with Crippen LogP contribution < -0.4 is 0 Å². The minimum atomic E-state index is -3.70. The maximum absolute atomic E-state index is 11.0. The van der Waals surface area contributed by atoms with Gasteiger partial charge in [-0.3, -0.25) is 4.79 Å². The van der Waals surface area contributed by atoms with Crippen LogP contribution in [0.2, 0.25) is 0 Å². The van der Waals surface area contributed by atoms with E-state index >= 15 is 0 Å². The average molecular weight is 213 g/mol. The number of hydrogen-bond donors (Lipinski definition) is 0. The molecule has 0 amide bonds. The molecule has 0 aliphatic carbocycles. The molecule has 0 N–H and O–H groups in total. The van der Waals surface area contributed by atoms with Gasteiger partial charge in [0.15, 0.2) is 0 Å². The molecule has 0 saturated heterocycles. The zero-order valence-corrected chi connectivity index (χ0v) is 9.16. The van der Waals surface area contributed by atoms with Crippen LogP contribution in [0.4, 0.5) is 0 Å². The van der Waals surface area contributed by atoms with Crippen LogP contribution in [-0.2, 0) is 13.8 Å². The predicted molar refractivity (Wildman–Crippen MR) is 48.7 cm³/mol. The highest BCUT2D eigenvalue weighted by Gasteiger charge is 2.40. The first-order chi connectivity index (χ1) is 5.10. The fourth-order valence-electron chi connectivity index (χ4n) is 0.701. The summed E-state index contributed by atoms with van der Waals surface area (Å²) in [6, 6.07) is 0. The lowest BCUT2D eigenvalue weighted by atomic mass is 9.93. The van der Waals surface area contributed by atoms with Gasteiger partial charge in [0.2, 0.25) is 9.05 Å². The van der Waals surface area contributed by atoms with Crippen LogP contribution in [-0.4, -0.2) is 18.9 Å². The number of hydrogen-bond acceptors (Lipinski definition) is 3. The summed E-state index contributed by atoms with van der Waals surface area (Å²) in [4.78, 5) is 10.9. The number of rotatable bonds is 3. The van der Waals surface area contributed by atoms with Gasteiger partial charge in [-0.05, 0) is 20.8 Å². The molecule has 0 radical (unpaired) electrons. The fraction of sp³-hybridized carbons (Fsp3) is 0.857. The predicted octanol–water partition coefficient (Wildman–Crippen LogP) is 1.56. The second-order valence-electron chi connectivity index (χ2n) is 3.37. The summed E-state index contributed by atoms with van der Waals surface area (Å²) >= 11 is 0. The summed E-state index contributed by atoms with van der Waals surface area (Å²) < 4.78 is 20.8. The van der Waals surface area contributed by atoms with Crippen molar-refractivity contribution in [3.05, 3.63) is 0 Å². The molecule has 0 heterocycles. The van der Waals surface area contributed by atoms with Crippen molar-refractivity contribution < 1.29 is 13.2 Å². The molecule has 0 aromatic carbocycles. The van der Waals surface area contributed by atoms with E-state index in [1.807, 2.05) is 0 Å². The lowest BCUT2D eigenvalue weighted by Crippen LogP contribution is -2.39. The highest BCUT2D eigenvalue weighted by Crippen LogP contribution is 2.29. The van der Waals surface area contributed by atoms with Crippen molar-refractivity contribution in [1.29, 1.82) is 0 Å². The zero-order valence-electron chi connectivity index (χ0n) is 7.59. The molecule has 0 fully saturated rings. The van der Waals surface area contributed by atoms with Crippen molar-refractivity contribution in [2.24, 2.45) is 5.92 Å². The molecule has 0 bridgehead atoms. The molecule has 0 aromatic rings. The Kier molecular flexibility index (Phi) is 3.32. The third kappa shape index (κ3) is 2.20. The van der Waals surface area contributed by atoms with E-state index in [9.17, 15) is 13.2 Å². The quantitative estimate of drug-likeness (QED) is 0.668. The van der Waals surface area contributed by atoms with Crippen LogP contribution in [0.25, 0.3) is 0 Å². The standard InChI is InChI=1S/C7H13ClO3S/c1-5(6(2)9)7(3,4)12(8,10)11/h5H,1-4H3. The average Bonchev–Trinajstić information content (AvgIpc) is 1.83. The van der Waals surface area contributed by atoms with Gasteiger partial charge in [-0.2, -0.15) is 0 Å². The van der Waals surface area contributed by atoms with Gasteiger partial charge in [-0.15, -0.1) is 0 Å². The molecule has 0 aliphatic rings. The second kappa shape index (κ2) is 3.34. The normalized spacial score (nSPS) is 15.8. The molecule has 12 heavy (non-hydrogen) atoms. The van der Waals surface area contributed by atoms with Crippen LogP contribution in [0.5, 0.6) is 0 Å². The van der Waals surface area contributed by atoms with Gasteiger partial charge in [-0.1, -0.05) is 6.92 Å². The number of halogens is 1. The molecule has 0 spiro atoms. The molecular formula is C7H13ClO3S. The topological polar surface area (TPSA) is 51.2 Å². The summed E-state index contributed by atoms with van der Waals surface area (Å²) in [6.07, 6.45) is 0. The Labute approximate surface area is 77.5 Å². The summed E-state index contributed by atoms with van der Waals surface area (Å²) in [7, 11) is 1.49. The lowest BCUT2D eigenvalue weighted by Gasteiger charge is -2.25. The molecule has 0 aromatic heterocycles. The monoisotopic (exact) mass is 212 g/mol. The van der Waals surface area contributed by atoms with Crippen molar-refractivity contribution in [2.75, 3.05) is 0 Å². The zero-order chi connectivity index (χ0) is 10.2. The van der Waals surface area contributed by atoms with Crippen LogP contribution >= 0.6 is 10.7 Å². The Hall–Kier alpha value is -0.0900. The molecular weight excluding hydrogens is 200 g/mol. The van der Waals surface area contributed by atoms with Crippen molar-refractivity contribution in [3.8, 4) is 0 Å². The summed E-state index contributed by atoms with van der Waals surface area (Å²) in [5, 5.41) is 0. The number of ketones is 1. The molecule has 1 unspecified atom stereocenters. The van der Waals surface area contributed by atoms with Crippen molar-refractivity contribution in [2.45, 2.75) is 32.4 Å².